The van der Waals surface area contributed by atoms with Crippen LogP contribution in [0.4, 0.5) is 0 Å². The zero-order valence-electron chi connectivity index (χ0n) is 16.5. The van der Waals surface area contributed by atoms with Gasteiger partial charge in [-0.1, -0.05) is 60.1 Å². The van der Waals surface area contributed by atoms with Crippen molar-refractivity contribution in [3.05, 3.63) is 98.9 Å². The largest absolute Gasteiger partial charge is 0.477 e. The first-order valence-electron chi connectivity index (χ1n) is 9.84. The highest BCUT2D eigenvalue weighted by molar-refractivity contribution is 6.31. The first kappa shape index (κ1) is 18.9. The van der Waals surface area contributed by atoms with E-state index in [1.54, 1.807) is 6.07 Å². The van der Waals surface area contributed by atoms with Gasteiger partial charge in [0.25, 0.3) is 0 Å². The predicted octanol–water partition coefficient (Wildman–Crippen LogP) is 5.77. The van der Waals surface area contributed by atoms with Crippen LogP contribution in [0.5, 0.6) is 5.75 Å². The fourth-order valence-corrected chi connectivity index (χ4v) is 4.29. The Labute approximate surface area is 179 Å². The minimum absolute atomic E-state index is 0.361. The zero-order chi connectivity index (χ0) is 20.7. The van der Waals surface area contributed by atoms with Crippen molar-refractivity contribution in [1.82, 2.24) is 4.90 Å². The molecule has 0 spiro atoms. The minimum Gasteiger partial charge on any atom is -0.477 e. The molecule has 0 radical (unpaired) electrons. The van der Waals surface area contributed by atoms with Crippen LogP contribution in [0, 0.1) is 6.92 Å². The molecule has 4 aromatic rings. The van der Waals surface area contributed by atoms with Gasteiger partial charge in [0.1, 0.15) is 18.1 Å². The Morgan fingerprint density at radius 3 is 2.60 bits per heavy atom. The van der Waals surface area contributed by atoms with Crippen LogP contribution >= 0.6 is 11.6 Å². The van der Waals surface area contributed by atoms with E-state index in [1.807, 2.05) is 61.5 Å². The van der Waals surface area contributed by atoms with E-state index in [0.717, 1.165) is 50.5 Å². The Morgan fingerprint density at radius 1 is 1.03 bits per heavy atom. The highest BCUT2D eigenvalue weighted by Crippen LogP contribution is 2.38. The molecule has 2 heterocycles. The lowest BCUT2D eigenvalue weighted by Crippen LogP contribution is -2.32. The maximum atomic E-state index is 12.3. The van der Waals surface area contributed by atoms with Gasteiger partial charge in [-0.3, -0.25) is 4.90 Å². The summed E-state index contributed by atoms with van der Waals surface area (Å²) < 4.78 is 11.7. The van der Waals surface area contributed by atoms with Crippen molar-refractivity contribution in [2.24, 2.45) is 0 Å². The maximum Gasteiger partial charge on any atom is 0.336 e. The van der Waals surface area contributed by atoms with Gasteiger partial charge in [0.05, 0.1) is 0 Å². The quantitative estimate of drug-likeness (QED) is 0.396. The molecule has 0 atom stereocenters. The fraction of sp³-hybridized carbons (Fsp3) is 0.160. The molecule has 0 saturated carbocycles. The molecule has 150 valence electrons. The number of halogens is 1. The van der Waals surface area contributed by atoms with Crippen LogP contribution in [0.15, 0.2) is 75.9 Å². The lowest BCUT2D eigenvalue weighted by Gasteiger charge is -2.30. The summed E-state index contributed by atoms with van der Waals surface area (Å²) in [4.78, 5) is 14.5. The molecule has 0 saturated heterocycles. The lowest BCUT2D eigenvalue weighted by atomic mass is 9.97. The molecule has 0 fully saturated rings. The second-order valence-corrected chi connectivity index (χ2v) is 7.97. The lowest BCUT2D eigenvalue weighted by molar-refractivity contribution is 0.0881. The number of ether oxygens (including phenoxy) is 1. The van der Waals surface area contributed by atoms with Crippen LogP contribution in [0.3, 0.4) is 0 Å². The number of benzene rings is 3. The highest BCUT2D eigenvalue weighted by Gasteiger charge is 2.23. The molecule has 0 unspecified atom stereocenters. The van der Waals surface area contributed by atoms with Gasteiger partial charge in [-0.15, -0.1) is 0 Å². The fourth-order valence-electron chi connectivity index (χ4n) is 4.09. The van der Waals surface area contributed by atoms with Crippen molar-refractivity contribution in [2.45, 2.75) is 20.0 Å². The van der Waals surface area contributed by atoms with E-state index in [9.17, 15) is 4.79 Å². The summed E-state index contributed by atoms with van der Waals surface area (Å²) in [6.45, 7) is 3.83. The Kier molecular flexibility index (Phi) is 4.81. The molecular weight excluding hydrogens is 398 g/mol. The van der Waals surface area contributed by atoms with Crippen molar-refractivity contribution < 1.29 is 9.15 Å². The van der Waals surface area contributed by atoms with Crippen LogP contribution < -0.4 is 10.4 Å². The average Bonchev–Trinajstić information content (AvgIpc) is 2.76. The molecule has 1 aliphatic heterocycles. The number of nitrogens with zero attached hydrogens (tertiary/aromatic N) is 1. The Balaban J connectivity index is 1.59. The predicted molar refractivity (Wildman–Crippen MR) is 119 cm³/mol. The molecule has 5 rings (SSSR count). The summed E-state index contributed by atoms with van der Waals surface area (Å²) in [7, 11) is 0. The zero-order valence-corrected chi connectivity index (χ0v) is 17.3. The standard InChI is InChI=1S/C25H20ClNO3/c1-16-24-19(14-27(15-29-24)13-18-9-5-6-10-22(18)26)11-21-20(12-23(28)30-25(16)21)17-7-3-2-4-8-17/h2-12H,13-15H2,1H3. The molecule has 0 amide bonds. The maximum absolute atomic E-state index is 12.3. The first-order chi connectivity index (χ1) is 14.6. The molecule has 0 bridgehead atoms. The summed E-state index contributed by atoms with van der Waals surface area (Å²) >= 11 is 6.34. The Hall–Kier alpha value is -3.08. The summed E-state index contributed by atoms with van der Waals surface area (Å²) in [6, 6.07) is 21.4. The highest BCUT2D eigenvalue weighted by atomic mass is 35.5. The number of hydrogen-bond acceptors (Lipinski definition) is 4. The summed E-state index contributed by atoms with van der Waals surface area (Å²) in [5, 5.41) is 1.67. The van der Waals surface area contributed by atoms with Gasteiger partial charge in [0, 0.05) is 40.7 Å². The van der Waals surface area contributed by atoms with Gasteiger partial charge in [0.2, 0.25) is 0 Å². The Bertz CT molecular complexity index is 1300. The van der Waals surface area contributed by atoms with Gasteiger partial charge < -0.3 is 9.15 Å². The van der Waals surface area contributed by atoms with E-state index < -0.39 is 0 Å². The van der Waals surface area contributed by atoms with Gasteiger partial charge in [-0.05, 0) is 35.7 Å². The van der Waals surface area contributed by atoms with Crippen LogP contribution in [0.25, 0.3) is 22.1 Å². The number of aryl methyl sites for hydroxylation is 1. The van der Waals surface area contributed by atoms with Crippen LogP contribution in [-0.4, -0.2) is 11.6 Å². The van der Waals surface area contributed by atoms with Crippen molar-refractivity contribution >= 4 is 22.6 Å². The second kappa shape index (κ2) is 7.63. The van der Waals surface area contributed by atoms with Gasteiger partial charge >= 0.3 is 5.63 Å². The van der Waals surface area contributed by atoms with Crippen LogP contribution in [0.2, 0.25) is 5.02 Å². The molecule has 0 N–H and O–H groups in total. The van der Waals surface area contributed by atoms with E-state index in [4.69, 9.17) is 20.8 Å². The molecular formula is C25H20ClNO3. The molecule has 5 heteroatoms. The summed E-state index contributed by atoms with van der Waals surface area (Å²) in [6.07, 6.45) is 0. The second-order valence-electron chi connectivity index (χ2n) is 7.56. The number of hydrogen-bond donors (Lipinski definition) is 0. The first-order valence-corrected chi connectivity index (χ1v) is 10.2. The topological polar surface area (TPSA) is 42.7 Å². The van der Waals surface area contributed by atoms with Crippen LogP contribution in [-0.2, 0) is 13.1 Å². The number of fused-ring (bicyclic) bond motifs is 2. The van der Waals surface area contributed by atoms with E-state index in [-0.39, 0.29) is 5.63 Å². The number of rotatable bonds is 3. The van der Waals surface area contributed by atoms with Crippen molar-refractivity contribution in [1.29, 1.82) is 0 Å². The van der Waals surface area contributed by atoms with Crippen molar-refractivity contribution in [2.75, 3.05) is 6.73 Å². The van der Waals surface area contributed by atoms with Gasteiger partial charge in [-0.2, -0.15) is 0 Å². The van der Waals surface area contributed by atoms with Gasteiger partial charge in [-0.25, -0.2) is 4.79 Å². The molecule has 4 nitrogen and oxygen atoms in total. The van der Waals surface area contributed by atoms with Gasteiger partial charge in [0.15, 0.2) is 0 Å². The normalized spacial score (nSPS) is 13.8. The molecule has 0 aliphatic carbocycles. The van der Waals surface area contributed by atoms with Crippen molar-refractivity contribution in [3.63, 3.8) is 0 Å². The van der Waals surface area contributed by atoms with E-state index in [2.05, 4.69) is 11.0 Å². The van der Waals surface area contributed by atoms with E-state index >= 15 is 0 Å². The Morgan fingerprint density at radius 2 is 1.80 bits per heavy atom. The third-order valence-electron chi connectivity index (χ3n) is 5.51. The summed E-state index contributed by atoms with van der Waals surface area (Å²) in [5.41, 5.74) is 5.08. The van der Waals surface area contributed by atoms with Crippen LogP contribution in [0.1, 0.15) is 16.7 Å². The molecule has 1 aliphatic rings. The minimum atomic E-state index is -0.361. The monoisotopic (exact) mass is 417 g/mol. The van der Waals surface area contributed by atoms with Crippen molar-refractivity contribution in [3.8, 4) is 16.9 Å². The van der Waals surface area contributed by atoms with E-state index in [1.165, 1.54) is 0 Å². The molecule has 3 aromatic carbocycles. The summed E-state index contributed by atoms with van der Waals surface area (Å²) in [5.74, 6) is 0.797. The molecule has 1 aromatic heterocycles. The third-order valence-corrected chi connectivity index (χ3v) is 5.88. The van der Waals surface area contributed by atoms with E-state index in [0.29, 0.717) is 18.9 Å². The smallest absolute Gasteiger partial charge is 0.336 e. The third kappa shape index (κ3) is 3.38. The average molecular weight is 418 g/mol. The SMILES string of the molecule is Cc1c2c(cc3c(-c4ccccc4)cc(=O)oc13)CN(Cc1ccccc1Cl)CO2. The molecule has 30 heavy (non-hydrogen) atoms.